The minimum atomic E-state index is 0. The highest BCUT2D eigenvalue weighted by Crippen LogP contribution is 2.22. The summed E-state index contributed by atoms with van der Waals surface area (Å²) in [6, 6.07) is 2.04. The molecule has 1 aliphatic carbocycles. The highest BCUT2D eigenvalue weighted by atomic mass is 127. The van der Waals surface area contributed by atoms with Crippen molar-refractivity contribution in [2.75, 3.05) is 19.7 Å². The van der Waals surface area contributed by atoms with Crippen LogP contribution in [0.4, 0.5) is 0 Å². The van der Waals surface area contributed by atoms with Crippen LogP contribution in [-0.2, 0) is 11.3 Å². The summed E-state index contributed by atoms with van der Waals surface area (Å²) >= 11 is 0. The summed E-state index contributed by atoms with van der Waals surface area (Å²) in [5.41, 5.74) is 1.04. The molecule has 0 bridgehead atoms. The van der Waals surface area contributed by atoms with Crippen molar-refractivity contribution in [1.29, 1.82) is 0 Å². The Balaban J connectivity index is 0.00000364. The Bertz CT molecular complexity index is 526. The highest BCUT2D eigenvalue weighted by molar-refractivity contribution is 14.0. The lowest BCUT2D eigenvalue weighted by Gasteiger charge is -2.13. The van der Waals surface area contributed by atoms with E-state index in [1.165, 1.54) is 25.7 Å². The number of aromatic nitrogens is 1. The van der Waals surface area contributed by atoms with Gasteiger partial charge in [0.1, 0.15) is 6.54 Å². The molecule has 2 N–H and O–H groups in total. The summed E-state index contributed by atoms with van der Waals surface area (Å²) in [4.78, 5) is 4.60. The molecule has 1 aromatic heterocycles. The van der Waals surface area contributed by atoms with Crippen molar-refractivity contribution in [2.24, 2.45) is 4.99 Å². The van der Waals surface area contributed by atoms with Crippen LogP contribution in [0.15, 0.2) is 15.6 Å². The largest absolute Gasteiger partial charge is 0.378 e. The number of hydrogen-bond donors (Lipinski definition) is 2. The van der Waals surface area contributed by atoms with Gasteiger partial charge in [-0.2, -0.15) is 0 Å². The van der Waals surface area contributed by atoms with Crippen LogP contribution >= 0.6 is 24.0 Å². The lowest BCUT2D eigenvalue weighted by atomic mass is 9.99. The third kappa shape index (κ3) is 8.81. The zero-order valence-electron chi connectivity index (χ0n) is 17.1. The molecule has 0 spiro atoms. The fourth-order valence-electron chi connectivity index (χ4n) is 3.39. The van der Waals surface area contributed by atoms with Gasteiger partial charge in [-0.1, -0.05) is 31.8 Å². The fourth-order valence-corrected chi connectivity index (χ4v) is 3.39. The topological polar surface area (TPSA) is 71.7 Å². The summed E-state index contributed by atoms with van der Waals surface area (Å²) in [6.45, 7) is 9.45. The molecule has 0 aromatic carbocycles. The van der Waals surface area contributed by atoms with Gasteiger partial charge in [0.15, 0.2) is 11.7 Å². The zero-order valence-corrected chi connectivity index (χ0v) is 19.5. The van der Waals surface area contributed by atoms with Gasteiger partial charge >= 0.3 is 0 Å². The third-order valence-corrected chi connectivity index (χ3v) is 4.99. The van der Waals surface area contributed by atoms with E-state index in [-0.39, 0.29) is 24.0 Å². The number of halogens is 1. The molecule has 1 fully saturated rings. The van der Waals surface area contributed by atoms with E-state index in [0.29, 0.717) is 18.6 Å². The highest BCUT2D eigenvalue weighted by Gasteiger charge is 2.15. The first-order chi connectivity index (χ1) is 12.8. The summed E-state index contributed by atoms with van der Waals surface area (Å²) in [6.07, 6.45) is 8.75. The first kappa shape index (κ1) is 24.2. The van der Waals surface area contributed by atoms with Gasteiger partial charge < -0.3 is 19.9 Å². The molecular formula is C20H37IN4O2. The van der Waals surface area contributed by atoms with Gasteiger partial charge in [-0.05, 0) is 39.0 Å². The van der Waals surface area contributed by atoms with E-state index in [9.17, 15) is 0 Å². The molecule has 2 rings (SSSR count). The molecular weight excluding hydrogens is 455 g/mol. The van der Waals surface area contributed by atoms with E-state index in [1.54, 1.807) is 0 Å². The van der Waals surface area contributed by atoms with Crippen LogP contribution < -0.4 is 10.6 Å². The SMILES string of the molecule is CCNC(=NCc1cc(C(CC)CC)no1)NCCCOC1CCCC1.I. The minimum Gasteiger partial charge on any atom is -0.378 e. The van der Waals surface area contributed by atoms with Crippen molar-refractivity contribution in [1.82, 2.24) is 15.8 Å². The van der Waals surface area contributed by atoms with E-state index < -0.39 is 0 Å². The van der Waals surface area contributed by atoms with Gasteiger partial charge in [-0.25, -0.2) is 4.99 Å². The summed E-state index contributed by atoms with van der Waals surface area (Å²) < 4.78 is 11.3. The molecule has 156 valence electrons. The third-order valence-electron chi connectivity index (χ3n) is 4.99. The quantitative estimate of drug-likeness (QED) is 0.205. The molecule has 1 heterocycles. The van der Waals surface area contributed by atoms with Crippen LogP contribution in [0.3, 0.4) is 0 Å². The van der Waals surface area contributed by atoms with Crippen molar-refractivity contribution in [3.63, 3.8) is 0 Å². The molecule has 1 aliphatic rings. The van der Waals surface area contributed by atoms with Gasteiger partial charge in [0.2, 0.25) is 0 Å². The molecule has 0 saturated heterocycles. The van der Waals surface area contributed by atoms with Crippen molar-refractivity contribution in [2.45, 2.75) is 84.3 Å². The van der Waals surface area contributed by atoms with E-state index in [0.717, 1.165) is 56.4 Å². The van der Waals surface area contributed by atoms with Crippen molar-refractivity contribution >= 4 is 29.9 Å². The average Bonchev–Trinajstić information content (AvgIpc) is 3.32. The van der Waals surface area contributed by atoms with Crippen LogP contribution in [0.25, 0.3) is 0 Å². The fraction of sp³-hybridized carbons (Fsp3) is 0.800. The van der Waals surface area contributed by atoms with E-state index >= 15 is 0 Å². The summed E-state index contributed by atoms with van der Waals surface area (Å²) in [5, 5.41) is 10.8. The van der Waals surface area contributed by atoms with Crippen molar-refractivity contribution in [3.8, 4) is 0 Å². The second kappa shape index (κ2) is 14.2. The molecule has 27 heavy (non-hydrogen) atoms. The van der Waals surface area contributed by atoms with Gasteiger partial charge in [-0.3, -0.25) is 0 Å². The molecule has 7 heteroatoms. The standard InChI is InChI=1S/C20H36N4O2.HI/c1-4-16(5-2)19-14-18(26-24-19)15-23-20(21-6-3)22-12-9-13-25-17-10-7-8-11-17;/h14,16-17H,4-13,15H2,1-3H3,(H2,21,22,23);1H. The van der Waals surface area contributed by atoms with Crippen LogP contribution in [0.5, 0.6) is 0 Å². The predicted molar refractivity (Wildman–Crippen MR) is 121 cm³/mol. The van der Waals surface area contributed by atoms with E-state index in [2.05, 4.69) is 41.6 Å². The monoisotopic (exact) mass is 492 g/mol. The molecule has 0 aliphatic heterocycles. The summed E-state index contributed by atoms with van der Waals surface area (Å²) in [7, 11) is 0. The number of nitrogens with one attached hydrogen (secondary N) is 2. The normalized spacial score (nSPS) is 15.2. The van der Waals surface area contributed by atoms with Crippen LogP contribution in [-0.4, -0.2) is 36.9 Å². The maximum absolute atomic E-state index is 5.90. The lowest BCUT2D eigenvalue weighted by Crippen LogP contribution is -2.38. The van der Waals surface area contributed by atoms with Crippen LogP contribution in [0.1, 0.15) is 83.1 Å². The molecule has 0 amide bonds. The number of rotatable bonds is 11. The zero-order chi connectivity index (χ0) is 18.6. The van der Waals surface area contributed by atoms with Gasteiger partial charge in [-0.15, -0.1) is 24.0 Å². The number of aliphatic imine (C=N–C) groups is 1. The number of guanidine groups is 1. The maximum atomic E-state index is 5.90. The smallest absolute Gasteiger partial charge is 0.191 e. The Morgan fingerprint density at radius 2 is 2.00 bits per heavy atom. The second-order valence-corrected chi connectivity index (χ2v) is 6.98. The van der Waals surface area contributed by atoms with Gasteiger partial charge in [0.05, 0.1) is 11.8 Å². The minimum absolute atomic E-state index is 0. The van der Waals surface area contributed by atoms with Gasteiger partial charge in [0, 0.05) is 31.7 Å². The van der Waals surface area contributed by atoms with Crippen LogP contribution in [0, 0.1) is 0 Å². The molecule has 0 unspecified atom stereocenters. The van der Waals surface area contributed by atoms with Crippen LogP contribution in [0.2, 0.25) is 0 Å². The number of hydrogen-bond acceptors (Lipinski definition) is 4. The maximum Gasteiger partial charge on any atom is 0.191 e. The first-order valence-corrected chi connectivity index (χ1v) is 10.4. The Morgan fingerprint density at radius 3 is 2.67 bits per heavy atom. The average molecular weight is 492 g/mol. The Labute approximate surface area is 181 Å². The van der Waals surface area contributed by atoms with Crippen molar-refractivity contribution in [3.05, 3.63) is 17.5 Å². The Hall–Kier alpha value is -0.830. The number of nitrogens with zero attached hydrogens (tertiary/aromatic N) is 2. The van der Waals surface area contributed by atoms with E-state index in [4.69, 9.17) is 9.26 Å². The van der Waals surface area contributed by atoms with E-state index in [1.807, 2.05) is 6.07 Å². The molecule has 0 atom stereocenters. The predicted octanol–water partition coefficient (Wildman–Crippen LogP) is 4.60. The summed E-state index contributed by atoms with van der Waals surface area (Å²) in [5.74, 6) is 2.10. The lowest BCUT2D eigenvalue weighted by molar-refractivity contribution is 0.0574. The molecule has 1 aromatic rings. The van der Waals surface area contributed by atoms with Gasteiger partial charge in [0.25, 0.3) is 0 Å². The Kier molecular flexibility index (Phi) is 12.7. The number of ether oxygens (including phenoxy) is 1. The molecule has 0 radical (unpaired) electrons. The second-order valence-electron chi connectivity index (χ2n) is 6.98. The first-order valence-electron chi connectivity index (χ1n) is 10.4. The molecule has 1 saturated carbocycles. The Morgan fingerprint density at radius 1 is 1.26 bits per heavy atom. The molecule has 6 nitrogen and oxygen atoms in total. The van der Waals surface area contributed by atoms with Crippen molar-refractivity contribution < 1.29 is 9.26 Å².